The van der Waals surface area contributed by atoms with Crippen molar-refractivity contribution in [3.8, 4) is 0 Å². The average molecular weight is 347 g/mol. The lowest BCUT2D eigenvalue weighted by molar-refractivity contribution is 0.392. The number of aromatic nitrogens is 4. The quantitative estimate of drug-likeness (QED) is 0.633. The zero-order chi connectivity index (χ0) is 16.9. The van der Waals surface area contributed by atoms with Gasteiger partial charge in [-0.2, -0.15) is 5.10 Å². The summed E-state index contributed by atoms with van der Waals surface area (Å²) >= 11 is 1.75. The highest BCUT2D eigenvalue weighted by atomic mass is 32.1. The van der Waals surface area contributed by atoms with E-state index in [1.54, 1.807) is 18.4 Å². The summed E-state index contributed by atoms with van der Waals surface area (Å²) in [6.07, 6.45) is 5.87. The fourth-order valence-electron chi connectivity index (χ4n) is 2.77. The number of hydrogen-bond donors (Lipinski definition) is 2. The highest BCUT2D eigenvalue weighted by Gasteiger charge is 2.22. The maximum Gasteiger partial charge on any atom is 0.191 e. The highest BCUT2D eigenvalue weighted by molar-refractivity contribution is 7.11. The fraction of sp³-hybridized carbons (Fsp3) is 0.625. The molecule has 7 nitrogen and oxygen atoms in total. The Bertz CT molecular complexity index is 703. The van der Waals surface area contributed by atoms with Gasteiger partial charge >= 0.3 is 0 Å². The maximum atomic E-state index is 4.56. The molecule has 0 radical (unpaired) electrons. The second-order valence-corrected chi connectivity index (χ2v) is 7.06. The smallest absolute Gasteiger partial charge is 0.191 e. The van der Waals surface area contributed by atoms with Crippen molar-refractivity contribution >= 4 is 17.3 Å². The Labute approximate surface area is 146 Å². The average Bonchev–Trinajstić information content (AvgIpc) is 3.24. The van der Waals surface area contributed by atoms with Crippen molar-refractivity contribution in [3.63, 3.8) is 0 Å². The van der Waals surface area contributed by atoms with Crippen molar-refractivity contribution in [2.24, 2.45) is 4.99 Å². The first-order valence-electron chi connectivity index (χ1n) is 8.55. The molecule has 2 N–H and O–H groups in total. The molecule has 0 bridgehead atoms. The van der Waals surface area contributed by atoms with Crippen LogP contribution in [0, 0.1) is 0 Å². The Morgan fingerprint density at radius 3 is 3.00 bits per heavy atom. The summed E-state index contributed by atoms with van der Waals surface area (Å²) in [5.41, 5.74) is 0. The summed E-state index contributed by atoms with van der Waals surface area (Å²) < 4.78 is 2.03. The molecule has 1 aliphatic heterocycles. The zero-order valence-electron chi connectivity index (χ0n) is 14.5. The van der Waals surface area contributed by atoms with Crippen LogP contribution < -0.4 is 10.6 Å². The second-order valence-electron chi connectivity index (χ2n) is 5.86. The molecule has 1 unspecified atom stereocenters. The number of fused-ring (bicyclic) bond motifs is 1. The summed E-state index contributed by atoms with van der Waals surface area (Å²) in [4.78, 5) is 14.6. The number of guanidine groups is 1. The Morgan fingerprint density at radius 2 is 2.29 bits per heavy atom. The minimum absolute atomic E-state index is 0.317. The van der Waals surface area contributed by atoms with Crippen LogP contribution in [-0.2, 0) is 32.4 Å². The number of nitrogens with zero attached hydrogens (tertiary/aromatic N) is 5. The van der Waals surface area contributed by atoms with Crippen molar-refractivity contribution in [1.29, 1.82) is 0 Å². The Kier molecular flexibility index (Phi) is 5.44. The van der Waals surface area contributed by atoms with Crippen LogP contribution in [0.5, 0.6) is 0 Å². The number of aliphatic imine (C=N–C) groups is 1. The molecule has 0 saturated heterocycles. The van der Waals surface area contributed by atoms with E-state index in [0.29, 0.717) is 12.6 Å². The van der Waals surface area contributed by atoms with Gasteiger partial charge in [0.2, 0.25) is 0 Å². The molecule has 0 aromatic carbocycles. The van der Waals surface area contributed by atoms with E-state index in [4.69, 9.17) is 0 Å². The molecular formula is C16H25N7S. The third-order valence-corrected chi connectivity index (χ3v) is 5.28. The van der Waals surface area contributed by atoms with Crippen LogP contribution in [-0.4, -0.2) is 38.8 Å². The second kappa shape index (κ2) is 7.74. The van der Waals surface area contributed by atoms with E-state index in [1.807, 2.05) is 10.9 Å². The third-order valence-electron chi connectivity index (χ3n) is 4.14. The van der Waals surface area contributed by atoms with E-state index < -0.39 is 0 Å². The molecule has 8 heteroatoms. The van der Waals surface area contributed by atoms with Gasteiger partial charge in [-0.3, -0.25) is 4.99 Å². The van der Waals surface area contributed by atoms with E-state index in [1.165, 1.54) is 4.88 Å². The lowest BCUT2D eigenvalue weighted by Crippen LogP contribution is -2.46. The summed E-state index contributed by atoms with van der Waals surface area (Å²) in [7, 11) is 1.80. The number of hydrogen-bond acceptors (Lipinski definition) is 5. The fourth-order valence-corrected chi connectivity index (χ4v) is 3.57. The van der Waals surface area contributed by atoms with Crippen LogP contribution in [0.25, 0.3) is 0 Å². The largest absolute Gasteiger partial charge is 0.352 e. The molecule has 1 aliphatic rings. The van der Waals surface area contributed by atoms with Crippen molar-refractivity contribution < 1.29 is 0 Å². The molecule has 0 saturated carbocycles. The molecule has 3 heterocycles. The molecule has 3 rings (SSSR count). The first-order valence-corrected chi connectivity index (χ1v) is 9.36. The van der Waals surface area contributed by atoms with Crippen LogP contribution in [0.15, 0.2) is 11.2 Å². The van der Waals surface area contributed by atoms with Gasteiger partial charge in [0.1, 0.15) is 10.8 Å². The first kappa shape index (κ1) is 16.9. The predicted octanol–water partition coefficient (Wildman–Crippen LogP) is 1.54. The number of nitrogens with one attached hydrogen (secondary N) is 2. The lowest BCUT2D eigenvalue weighted by Gasteiger charge is -2.25. The minimum Gasteiger partial charge on any atom is -0.352 e. The SMILES string of the molecule is CCc1nc2n(n1)CC(NC(=NC)NCc1ncc(CC)s1)CC2. The van der Waals surface area contributed by atoms with E-state index in [-0.39, 0.29) is 0 Å². The number of rotatable bonds is 5. The number of thiazole rings is 1. The molecule has 0 fully saturated rings. The van der Waals surface area contributed by atoms with Crippen molar-refractivity contribution in [2.75, 3.05) is 7.05 Å². The molecule has 1 atom stereocenters. The van der Waals surface area contributed by atoms with E-state index in [0.717, 1.165) is 54.8 Å². The van der Waals surface area contributed by atoms with E-state index in [9.17, 15) is 0 Å². The van der Waals surface area contributed by atoms with Crippen LogP contribution in [0.3, 0.4) is 0 Å². The summed E-state index contributed by atoms with van der Waals surface area (Å²) in [5, 5.41) is 12.5. The van der Waals surface area contributed by atoms with Crippen molar-refractivity contribution in [1.82, 2.24) is 30.4 Å². The topological polar surface area (TPSA) is 80.0 Å². The standard InChI is InChI=1S/C16H25N7S/c1-4-12-8-18-15(24-12)9-19-16(17-3)20-11-6-7-14-21-13(5-2)22-23(14)10-11/h8,11H,4-7,9-10H2,1-3H3,(H2,17,19,20). The normalized spacial score (nSPS) is 17.6. The molecule has 130 valence electrons. The van der Waals surface area contributed by atoms with Gasteiger partial charge in [-0.1, -0.05) is 13.8 Å². The van der Waals surface area contributed by atoms with Crippen molar-refractivity contribution in [2.45, 2.75) is 58.7 Å². The molecule has 2 aromatic heterocycles. The Hall–Kier alpha value is -1.96. The van der Waals surface area contributed by atoms with E-state index in [2.05, 4.69) is 44.5 Å². The minimum atomic E-state index is 0.317. The molecule has 2 aromatic rings. The van der Waals surface area contributed by atoms with Gasteiger partial charge in [0.15, 0.2) is 11.8 Å². The molecule has 0 spiro atoms. The van der Waals surface area contributed by atoms with Gasteiger partial charge in [0.25, 0.3) is 0 Å². The van der Waals surface area contributed by atoms with Gasteiger partial charge in [0.05, 0.1) is 13.1 Å². The summed E-state index contributed by atoms with van der Waals surface area (Å²) in [6, 6.07) is 0.317. The third kappa shape index (κ3) is 3.92. The lowest BCUT2D eigenvalue weighted by atomic mass is 10.1. The van der Waals surface area contributed by atoms with Crippen molar-refractivity contribution in [3.05, 3.63) is 27.7 Å². The highest BCUT2D eigenvalue weighted by Crippen LogP contribution is 2.14. The summed E-state index contributed by atoms with van der Waals surface area (Å²) in [6.45, 7) is 5.77. The van der Waals surface area contributed by atoms with Gasteiger partial charge in [-0.25, -0.2) is 14.6 Å². The maximum absolute atomic E-state index is 4.56. The van der Waals surface area contributed by atoms with Crippen LogP contribution >= 0.6 is 11.3 Å². The van der Waals surface area contributed by atoms with E-state index >= 15 is 0 Å². The van der Waals surface area contributed by atoms with Gasteiger partial charge in [-0.05, 0) is 12.8 Å². The number of aryl methyl sites for hydroxylation is 3. The summed E-state index contributed by atoms with van der Waals surface area (Å²) in [5.74, 6) is 2.85. The first-order chi connectivity index (χ1) is 11.7. The monoisotopic (exact) mass is 347 g/mol. The van der Waals surface area contributed by atoms with Gasteiger partial charge < -0.3 is 10.6 Å². The molecular weight excluding hydrogens is 322 g/mol. The van der Waals surface area contributed by atoms with Crippen LogP contribution in [0.2, 0.25) is 0 Å². The molecule has 24 heavy (non-hydrogen) atoms. The van der Waals surface area contributed by atoms with Gasteiger partial charge in [-0.15, -0.1) is 11.3 Å². The molecule has 0 amide bonds. The van der Waals surface area contributed by atoms with Gasteiger partial charge in [0, 0.05) is 37.0 Å². The Morgan fingerprint density at radius 1 is 1.42 bits per heavy atom. The van der Waals surface area contributed by atoms with Crippen LogP contribution in [0.1, 0.15) is 41.8 Å². The predicted molar refractivity (Wildman–Crippen MR) is 96.3 cm³/mol. The zero-order valence-corrected chi connectivity index (χ0v) is 15.4. The Balaban J connectivity index is 1.54. The molecule has 0 aliphatic carbocycles. The van der Waals surface area contributed by atoms with Crippen LogP contribution in [0.4, 0.5) is 0 Å².